The third kappa shape index (κ3) is 4.31. The summed E-state index contributed by atoms with van der Waals surface area (Å²) in [7, 11) is 0. The van der Waals surface area contributed by atoms with Gasteiger partial charge in [0, 0.05) is 31.4 Å². The van der Waals surface area contributed by atoms with Crippen LogP contribution in [0.4, 0.5) is 0 Å². The van der Waals surface area contributed by atoms with Crippen LogP contribution in [-0.4, -0.2) is 11.9 Å². The summed E-state index contributed by atoms with van der Waals surface area (Å²) in [6, 6.07) is 12.0. The lowest BCUT2D eigenvalue weighted by Gasteiger charge is -2.13. The summed E-state index contributed by atoms with van der Waals surface area (Å²) in [5.41, 5.74) is 0.723. The van der Waals surface area contributed by atoms with Crippen molar-refractivity contribution in [2.24, 2.45) is 0 Å². The Morgan fingerprint density at radius 1 is 1.37 bits per heavy atom. The fraction of sp³-hybridized carbons (Fsp3) is 0.267. The van der Waals surface area contributed by atoms with E-state index in [1.54, 1.807) is 11.3 Å². The van der Waals surface area contributed by atoms with Crippen molar-refractivity contribution in [2.45, 2.75) is 26.3 Å². The number of carbonyl (C=O) groups excluding carboxylic acids is 1. The molecule has 0 radical (unpaired) electrons. The third-order valence-electron chi connectivity index (χ3n) is 2.77. The van der Waals surface area contributed by atoms with Crippen molar-refractivity contribution in [3.8, 4) is 0 Å². The summed E-state index contributed by atoms with van der Waals surface area (Å²) in [6.07, 6.45) is 0.883. The summed E-state index contributed by atoms with van der Waals surface area (Å²) in [5, 5.41) is 3.05. The molecule has 0 bridgehead atoms. The molecule has 0 aliphatic carbocycles. The maximum Gasteiger partial charge on any atom is 0.251 e. The van der Waals surface area contributed by atoms with Gasteiger partial charge in [0.25, 0.3) is 5.91 Å². The largest absolute Gasteiger partial charge is 0.349 e. The monoisotopic (exact) mass is 385 g/mol. The predicted molar refractivity (Wildman–Crippen MR) is 88.8 cm³/mol. The molecule has 1 unspecified atom stereocenters. The average molecular weight is 385 g/mol. The molecule has 2 aromatic rings. The predicted octanol–water partition coefficient (Wildman–Crippen LogP) is 4.02. The van der Waals surface area contributed by atoms with Crippen LogP contribution in [0.3, 0.4) is 0 Å². The van der Waals surface area contributed by atoms with E-state index in [9.17, 15) is 4.79 Å². The summed E-state index contributed by atoms with van der Waals surface area (Å²) >= 11 is 4.00. The Morgan fingerprint density at radius 2 is 2.16 bits per heavy atom. The van der Waals surface area contributed by atoms with Crippen molar-refractivity contribution in [3.63, 3.8) is 0 Å². The molecular formula is C15H16INOS. The number of aryl methyl sites for hydroxylation is 1. The number of benzene rings is 1. The van der Waals surface area contributed by atoms with Gasteiger partial charge in [-0.15, -0.1) is 11.3 Å². The molecule has 1 aromatic carbocycles. The molecule has 100 valence electrons. The van der Waals surface area contributed by atoms with Gasteiger partial charge in [0.2, 0.25) is 0 Å². The number of thiophene rings is 1. The van der Waals surface area contributed by atoms with Crippen LogP contribution in [-0.2, 0) is 6.42 Å². The Labute approximate surface area is 131 Å². The van der Waals surface area contributed by atoms with Gasteiger partial charge >= 0.3 is 0 Å². The normalized spacial score (nSPS) is 12.2. The van der Waals surface area contributed by atoms with Crippen LogP contribution < -0.4 is 5.32 Å². The quantitative estimate of drug-likeness (QED) is 0.792. The van der Waals surface area contributed by atoms with Gasteiger partial charge in [-0.1, -0.05) is 6.07 Å². The molecule has 1 aromatic heterocycles. The van der Waals surface area contributed by atoms with E-state index in [2.05, 4.69) is 47.0 Å². The molecule has 1 N–H and O–H groups in total. The highest BCUT2D eigenvalue weighted by molar-refractivity contribution is 14.1. The van der Waals surface area contributed by atoms with Crippen molar-refractivity contribution in [1.82, 2.24) is 5.32 Å². The van der Waals surface area contributed by atoms with Crippen LogP contribution in [0.25, 0.3) is 0 Å². The maximum absolute atomic E-state index is 12.1. The third-order valence-corrected chi connectivity index (χ3v) is 4.46. The first-order valence-electron chi connectivity index (χ1n) is 6.16. The van der Waals surface area contributed by atoms with Crippen molar-refractivity contribution >= 4 is 39.8 Å². The molecule has 0 saturated heterocycles. The highest BCUT2D eigenvalue weighted by Crippen LogP contribution is 2.17. The standard InChI is InChI=1S/C15H16INOS/c1-10(8-14-7-6-11(2)19-14)17-15(18)12-4-3-5-13(16)9-12/h3-7,9-10H,8H2,1-2H3,(H,17,18). The Kier molecular flexibility index (Phi) is 4.99. The number of rotatable bonds is 4. The smallest absolute Gasteiger partial charge is 0.251 e. The highest BCUT2D eigenvalue weighted by Gasteiger charge is 2.11. The Morgan fingerprint density at radius 3 is 2.79 bits per heavy atom. The Bertz CT molecular complexity index is 579. The number of hydrogen-bond acceptors (Lipinski definition) is 2. The second kappa shape index (κ2) is 6.52. The van der Waals surface area contributed by atoms with Gasteiger partial charge in [0.05, 0.1) is 0 Å². The average Bonchev–Trinajstić information content (AvgIpc) is 2.74. The van der Waals surface area contributed by atoms with E-state index in [0.29, 0.717) is 0 Å². The van der Waals surface area contributed by atoms with Crippen LogP contribution >= 0.6 is 33.9 Å². The summed E-state index contributed by atoms with van der Waals surface area (Å²) < 4.78 is 1.08. The summed E-state index contributed by atoms with van der Waals surface area (Å²) in [4.78, 5) is 14.7. The van der Waals surface area contributed by atoms with Gasteiger partial charge in [-0.25, -0.2) is 0 Å². The molecule has 0 fully saturated rings. The summed E-state index contributed by atoms with van der Waals surface area (Å²) in [6.45, 7) is 4.14. The van der Waals surface area contributed by atoms with E-state index in [4.69, 9.17) is 0 Å². The minimum atomic E-state index is -0.000654. The van der Waals surface area contributed by atoms with Crippen molar-refractivity contribution in [1.29, 1.82) is 0 Å². The van der Waals surface area contributed by atoms with E-state index < -0.39 is 0 Å². The molecule has 19 heavy (non-hydrogen) atoms. The summed E-state index contributed by atoms with van der Waals surface area (Å²) in [5.74, 6) is -0.000654. The van der Waals surface area contributed by atoms with Crippen molar-refractivity contribution < 1.29 is 4.79 Å². The van der Waals surface area contributed by atoms with Gasteiger partial charge in [-0.05, 0) is 66.8 Å². The van der Waals surface area contributed by atoms with Crippen LogP contribution in [0.2, 0.25) is 0 Å². The number of amides is 1. The van der Waals surface area contributed by atoms with E-state index in [1.807, 2.05) is 31.2 Å². The van der Waals surface area contributed by atoms with Gasteiger partial charge in [0.1, 0.15) is 0 Å². The number of hydrogen-bond donors (Lipinski definition) is 1. The minimum absolute atomic E-state index is 0.000654. The van der Waals surface area contributed by atoms with E-state index in [1.165, 1.54) is 9.75 Å². The first-order chi connectivity index (χ1) is 9.04. The van der Waals surface area contributed by atoms with Gasteiger partial charge in [-0.3, -0.25) is 4.79 Å². The molecule has 1 atom stereocenters. The van der Waals surface area contributed by atoms with Crippen LogP contribution in [0.15, 0.2) is 36.4 Å². The second-order valence-electron chi connectivity index (χ2n) is 4.60. The molecule has 1 heterocycles. The molecule has 2 rings (SSSR count). The Balaban J connectivity index is 1.95. The zero-order valence-electron chi connectivity index (χ0n) is 10.9. The topological polar surface area (TPSA) is 29.1 Å². The lowest BCUT2D eigenvalue weighted by atomic mass is 10.1. The Hall–Kier alpha value is -0.880. The van der Waals surface area contributed by atoms with E-state index in [-0.39, 0.29) is 11.9 Å². The molecule has 0 spiro atoms. The molecule has 0 aliphatic heterocycles. The van der Waals surface area contributed by atoms with Gasteiger partial charge in [-0.2, -0.15) is 0 Å². The maximum atomic E-state index is 12.1. The van der Waals surface area contributed by atoms with Crippen LogP contribution in [0, 0.1) is 10.5 Å². The zero-order valence-corrected chi connectivity index (χ0v) is 13.9. The van der Waals surface area contributed by atoms with E-state index in [0.717, 1.165) is 15.6 Å². The highest BCUT2D eigenvalue weighted by atomic mass is 127. The fourth-order valence-electron chi connectivity index (χ4n) is 1.88. The number of halogens is 1. The lowest BCUT2D eigenvalue weighted by Crippen LogP contribution is -2.33. The lowest BCUT2D eigenvalue weighted by molar-refractivity contribution is 0.0940. The molecule has 2 nitrogen and oxygen atoms in total. The van der Waals surface area contributed by atoms with Crippen LogP contribution in [0.1, 0.15) is 27.0 Å². The SMILES string of the molecule is Cc1ccc(CC(C)NC(=O)c2cccc(I)c2)s1. The first-order valence-corrected chi connectivity index (χ1v) is 8.06. The molecule has 0 aliphatic rings. The zero-order chi connectivity index (χ0) is 13.8. The van der Waals surface area contributed by atoms with E-state index >= 15 is 0 Å². The molecular weight excluding hydrogens is 369 g/mol. The van der Waals surface area contributed by atoms with Gasteiger partial charge in [0.15, 0.2) is 0 Å². The van der Waals surface area contributed by atoms with Crippen molar-refractivity contribution in [3.05, 3.63) is 55.3 Å². The molecule has 0 saturated carbocycles. The molecule has 1 amide bonds. The number of carbonyl (C=O) groups is 1. The first kappa shape index (κ1) is 14.5. The van der Waals surface area contributed by atoms with Crippen LogP contribution in [0.5, 0.6) is 0 Å². The van der Waals surface area contributed by atoms with Gasteiger partial charge < -0.3 is 5.32 Å². The molecule has 4 heteroatoms. The fourth-order valence-corrected chi connectivity index (χ4v) is 3.45. The second-order valence-corrected chi connectivity index (χ2v) is 7.22. The van der Waals surface area contributed by atoms with Crippen molar-refractivity contribution in [2.75, 3.05) is 0 Å². The number of nitrogens with one attached hydrogen (secondary N) is 1. The minimum Gasteiger partial charge on any atom is -0.349 e.